The lowest BCUT2D eigenvalue weighted by molar-refractivity contribution is -0.133. The van der Waals surface area contributed by atoms with E-state index in [0.29, 0.717) is 25.0 Å². The van der Waals surface area contributed by atoms with Gasteiger partial charge in [0.15, 0.2) is 0 Å². The van der Waals surface area contributed by atoms with Crippen molar-refractivity contribution < 1.29 is 9.90 Å². The van der Waals surface area contributed by atoms with Gasteiger partial charge in [0.05, 0.1) is 6.42 Å². The van der Waals surface area contributed by atoms with E-state index in [9.17, 15) is 14.4 Å². The van der Waals surface area contributed by atoms with Crippen molar-refractivity contribution in [1.29, 1.82) is 0 Å². The van der Waals surface area contributed by atoms with E-state index in [1.165, 1.54) is 6.20 Å². The van der Waals surface area contributed by atoms with Gasteiger partial charge in [0, 0.05) is 37.5 Å². The van der Waals surface area contributed by atoms with Crippen molar-refractivity contribution in [2.24, 2.45) is 5.92 Å². The predicted octanol–water partition coefficient (Wildman–Crippen LogP) is -0.843. The molecule has 1 aliphatic rings. The highest BCUT2D eigenvalue weighted by Crippen LogP contribution is 2.25. The van der Waals surface area contributed by atoms with Crippen LogP contribution in [-0.2, 0) is 11.2 Å². The molecule has 134 valence electrons. The molecule has 1 fully saturated rings. The van der Waals surface area contributed by atoms with Gasteiger partial charge in [-0.05, 0) is 39.3 Å². The zero-order valence-corrected chi connectivity index (χ0v) is 14.2. The minimum atomic E-state index is -0.577. The second-order valence-electron chi connectivity index (χ2n) is 6.56. The summed E-state index contributed by atoms with van der Waals surface area (Å²) in [5.74, 6) is 0.192. The maximum atomic E-state index is 12.5. The number of aliphatic hydroxyl groups is 1. The molecule has 0 saturated carbocycles. The molecule has 1 aliphatic heterocycles. The number of H-pyrrole nitrogens is 2. The number of carbonyl (C=O) groups excluding carboxylic acids is 1. The van der Waals surface area contributed by atoms with Gasteiger partial charge in [-0.15, -0.1) is 0 Å². The lowest BCUT2D eigenvalue weighted by Crippen LogP contribution is -2.51. The number of nitrogens with one attached hydrogen (secondary N) is 2. The monoisotopic (exact) mass is 338 g/mol. The van der Waals surface area contributed by atoms with Gasteiger partial charge in [-0.3, -0.25) is 14.6 Å². The zero-order valence-electron chi connectivity index (χ0n) is 14.2. The second-order valence-corrected chi connectivity index (χ2v) is 6.56. The van der Waals surface area contributed by atoms with E-state index in [1.54, 1.807) is 4.90 Å². The molecule has 0 aromatic carbocycles. The van der Waals surface area contributed by atoms with Crippen molar-refractivity contribution in [2.75, 3.05) is 33.8 Å². The van der Waals surface area contributed by atoms with Crippen LogP contribution in [0.25, 0.3) is 0 Å². The summed E-state index contributed by atoms with van der Waals surface area (Å²) in [7, 11) is 4.07. The van der Waals surface area contributed by atoms with Crippen molar-refractivity contribution in [2.45, 2.75) is 31.7 Å². The Bertz CT molecular complexity index is 667. The highest BCUT2D eigenvalue weighted by atomic mass is 16.3. The van der Waals surface area contributed by atoms with E-state index >= 15 is 0 Å². The Morgan fingerprint density at radius 3 is 2.79 bits per heavy atom. The third kappa shape index (κ3) is 4.55. The summed E-state index contributed by atoms with van der Waals surface area (Å²) >= 11 is 0. The molecule has 0 unspecified atom stereocenters. The Hall–Kier alpha value is -1.93. The van der Waals surface area contributed by atoms with Gasteiger partial charge in [-0.2, -0.15) is 0 Å². The molecule has 2 rings (SSSR count). The number of aliphatic hydroxyl groups excluding tert-OH is 1. The molecule has 2 atom stereocenters. The second kappa shape index (κ2) is 8.25. The average Bonchev–Trinajstić information content (AvgIpc) is 2.55. The average molecular weight is 338 g/mol. The Morgan fingerprint density at radius 1 is 1.42 bits per heavy atom. The van der Waals surface area contributed by atoms with E-state index in [1.807, 2.05) is 14.1 Å². The van der Waals surface area contributed by atoms with E-state index in [2.05, 4.69) is 14.9 Å². The molecule has 0 radical (unpaired) electrons. The molecule has 2 heterocycles. The van der Waals surface area contributed by atoms with Gasteiger partial charge in [0.2, 0.25) is 5.91 Å². The number of rotatable bonds is 6. The van der Waals surface area contributed by atoms with E-state index in [-0.39, 0.29) is 24.5 Å². The van der Waals surface area contributed by atoms with Crippen LogP contribution in [-0.4, -0.2) is 70.6 Å². The summed E-state index contributed by atoms with van der Waals surface area (Å²) in [6.07, 6.45) is 3.73. The molecule has 0 spiro atoms. The van der Waals surface area contributed by atoms with E-state index < -0.39 is 11.2 Å². The molecular weight excluding hydrogens is 312 g/mol. The largest absolute Gasteiger partial charge is 0.396 e. The quantitative estimate of drug-likeness (QED) is 0.626. The van der Waals surface area contributed by atoms with Crippen molar-refractivity contribution in [3.63, 3.8) is 0 Å². The minimum Gasteiger partial charge on any atom is -0.396 e. The number of hydrogen-bond donors (Lipinski definition) is 3. The molecule has 1 amide bonds. The lowest BCUT2D eigenvalue weighted by Gasteiger charge is -2.41. The first-order valence-corrected chi connectivity index (χ1v) is 8.28. The van der Waals surface area contributed by atoms with Crippen LogP contribution >= 0.6 is 0 Å². The molecule has 0 aliphatic carbocycles. The molecule has 1 aromatic heterocycles. The maximum absolute atomic E-state index is 12.5. The molecule has 0 bridgehead atoms. The Morgan fingerprint density at radius 2 is 2.17 bits per heavy atom. The van der Waals surface area contributed by atoms with Crippen LogP contribution in [0, 0.1) is 5.92 Å². The van der Waals surface area contributed by atoms with Crippen LogP contribution < -0.4 is 11.2 Å². The van der Waals surface area contributed by atoms with Crippen LogP contribution in [0.4, 0.5) is 0 Å². The number of aromatic nitrogens is 2. The van der Waals surface area contributed by atoms with Gasteiger partial charge in [-0.25, -0.2) is 4.79 Å². The number of likely N-dealkylation sites (tertiary alicyclic amines) is 1. The summed E-state index contributed by atoms with van der Waals surface area (Å²) in [5, 5.41) is 9.08. The summed E-state index contributed by atoms with van der Waals surface area (Å²) in [6, 6.07) is 0.386. The van der Waals surface area contributed by atoms with Crippen LogP contribution in [0.3, 0.4) is 0 Å². The molecule has 1 aromatic rings. The van der Waals surface area contributed by atoms with Crippen molar-refractivity contribution in [3.05, 3.63) is 32.6 Å². The van der Waals surface area contributed by atoms with Gasteiger partial charge in [-0.1, -0.05) is 0 Å². The molecule has 1 saturated heterocycles. The van der Waals surface area contributed by atoms with Crippen molar-refractivity contribution in [1.82, 2.24) is 19.8 Å². The molecule has 24 heavy (non-hydrogen) atoms. The first-order chi connectivity index (χ1) is 11.4. The van der Waals surface area contributed by atoms with Crippen molar-refractivity contribution in [3.8, 4) is 0 Å². The molecule has 8 heteroatoms. The van der Waals surface area contributed by atoms with E-state index in [4.69, 9.17) is 5.11 Å². The first-order valence-electron chi connectivity index (χ1n) is 8.28. The van der Waals surface area contributed by atoms with E-state index in [0.717, 1.165) is 19.3 Å². The molecule has 3 N–H and O–H groups in total. The van der Waals surface area contributed by atoms with Crippen LogP contribution in [0.2, 0.25) is 0 Å². The number of aromatic amines is 2. The Kier molecular flexibility index (Phi) is 6.33. The number of hydrogen-bond acceptors (Lipinski definition) is 5. The number of nitrogens with zero attached hydrogens (tertiary/aromatic N) is 2. The van der Waals surface area contributed by atoms with Crippen LogP contribution in [0.5, 0.6) is 0 Å². The number of piperidine rings is 1. The fraction of sp³-hybridized carbons (Fsp3) is 0.688. The van der Waals surface area contributed by atoms with Gasteiger partial charge in [0.1, 0.15) is 0 Å². The van der Waals surface area contributed by atoms with Crippen LogP contribution in [0.15, 0.2) is 15.8 Å². The highest BCUT2D eigenvalue weighted by molar-refractivity contribution is 5.78. The third-order valence-corrected chi connectivity index (χ3v) is 4.68. The van der Waals surface area contributed by atoms with Gasteiger partial charge >= 0.3 is 5.69 Å². The smallest absolute Gasteiger partial charge is 0.325 e. The summed E-state index contributed by atoms with van der Waals surface area (Å²) < 4.78 is 0. The first kappa shape index (κ1) is 18.4. The van der Waals surface area contributed by atoms with Gasteiger partial charge < -0.3 is 19.9 Å². The van der Waals surface area contributed by atoms with Gasteiger partial charge in [0.25, 0.3) is 5.56 Å². The SMILES string of the molecule is CN(C)[C@@H]1CCN(C(=O)Cc2c[nH]c(=O)[nH]c2=O)C[C@@H]1CCCO. The fourth-order valence-corrected chi connectivity index (χ4v) is 3.41. The number of amides is 1. The topological polar surface area (TPSA) is 110 Å². The summed E-state index contributed by atoms with van der Waals surface area (Å²) in [6.45, 7) is 1.43. The fourth-order valence-electron chi connectivity index (χ4n) is 3.41. The standard InChI is InChI=1S/C16H26N4O4/c1-19(2)13-5-6-20(10-11(13)4-3-7-21)14(22)8-12-9-17-16(24)18-15(12)23/h9,11,13,21H,3-8,10H2,1-2H3,(H2,17,18,23,24)/t11-,13+/m0/s1. The highest BCUT2D eigenvalue weighted by Gasteiger charge is 2.32. The Balaban J connectivity index is 2.04. The van der Waals surface area contributed by atoms with Crippen molar-refractivity contribution >= 4 is 5.91 Å². The number of carbonyl (C=O) groups is 1. The molecular formula is C16H26N4O4. The third-order valence-electron chi connectivity index (χ3n) is 4.68. The zero-order chi connectivity index (χ0) is 17.7. The molecule has 8 nitrogen and oxygen atoms in total. The lowest BCUT2D eigenvalue weighted by atomic mass is 9.87. The van der Waals surface area contributed by atoms with Crippen LogP contribution in [0.1, 0.15) is 24.8 Å². The summed E-state index contributed by atoms with van der Waals surface area (Å²) in [5.41, 5.74) is -0.833. The normalized spacial score (nSPS) is 21.2. The Labute approximate surface area is 140 Å². The minimum absolute atomic E-state index is 0.0224. The maximum Gasteiger partial charge on any atom is 0.325 e. The predicted molar refractivity (Wildman–Crippen MR) is 89.9 cm³/mol. The summed E-state index contributed by atoms with van der Waals surface area (Å²) in [4.78, 5) is 43.8.